The summed E-state index contributed by atoms with van der Waals surface area (Å²) >= 11 is 0. The van der Waals surface area contributed by atoms with Crippen molar-refractivity contribution in [1.82, 2.24) is 4.31 Å². The number of carbonyl (C=O) groups is 2. The van der Waals surface area contributed by atoms with Crippen molar-refractivity contribution in [2.45, 2.75) is 25.7 Å². The lowest BCUT2D eigenvalue weighted by molar-refractivity contribution is -0.118. The Kier molecular flexibility index (Phi) is 7.31. The Bertz CT molecular complexity index is 953. The fourth-order valence-electron chi connectivity index (χ4n) is 2.71. The van der Waals surface area contributed by atoms with Crippen molar-refractivity contribution in [3.05, 3.63) is 53.6 Å². The second-order valence-corrected chi connectivity index (χ2v) is 7.97. The molecule has 0 radical (unpaired) electrons. The number of amides is 1. The number of nitrogens with zero attached hydrogens (tertiary/aromatic N) is 1. The molecular formula is C20H24N2O5S. The van der Waals surface area contributed by atoms with E-state index >= 15 is 0 Å². The zero-order chi connectivity index (χ0) is 20.7. The number of aldehydes is 1. The summed E-state index contributed by atoms with van der Waals surface area (Å²) in [6, 6.07) is 11.3. The standard InChI is InChI=1S/C20H24N2O5S/c1-4-22(5-2)28(25,26)19-12-17(11-10-15(19)3)21-20(24)14-27-18-9-7-6-8-16(18)13-23/h6-13H,4-5,14H2,1-3H3,(H,21,24). The summed E-state index contributed by atoms with van der Waals surface area (Å²) < 4.78 is 32.3. The first-order valence-corrected chi connectivity index (χ1v) is 10.3. The molecule has 0 unspecified atom stereocenters. The van der Waals surface area contributed by atoms with Crippen LogP contribution in [0.3, 0.4) is 0 Å². The van der Waals surface area contributed by atoms with Crippen LogP contribution >= 0.6 is 0 Å². The monoisotopic (exact) mass is 404 g/mol. The van der Waals surface area contributed by atoms with Crippen LogP contribution in [0.25, 0.3) is 0 Å². The van der Waals surface area contributed by atoms with Gasteiger partial charge < -0.3 is 10.1 Å². The molecule has 0 fully saturated rings. The van der Waals surface area contributed by atoms with Crippen molar-refractivity contribution in [2.24, 2.45) is 0 Å². The van der Waals surface area contributed by atoms with E-state index < -0.39 is 15.9 Å². The first-order chi connectivity index (χ1) is 13.3. The molecule has 0 saturated heterocycles. The maximum atomic E-state index is 12.8. The summed E-state index contributed by atoms with van der Waals surface area (Å²) in [7, 11) is -3.64. The lowest BCUT2D eigenvalue weighted by atomic mass is 10.2. The van der Waals surface area contributed by atoms with Crippen LogP contribution in [-0.2, 0) is 14.8 Å². The Morgan fingerprint density at radius 3 is 2.46 bits per heavy atom. The molecule has 0 saturated carbocycles. The number of sulfonamides is 1. The highest BCUT2D eigenvalue weighted by Gasteiger charge is 2.24. The third-order valence-electron chi connectivity index (χ3n) is 4.20. The normalized spacial score (nSPS) is 11.3. The Morgan fingerprint density at radius 2 is 1.82 bits per heavy atom. The minimum atomic E-state index is -3.64. The van der Waals surface area contributed by atoms with Gasteiger partial charge in [0, 0.05) is 18.8 Å². The molecule has 8 heteroatoms. The topological polar surface area (TPSA) is 92.8 Å². The van der Waals surface area contributed by atoms with Crippen molar-refractivity contribution in [2.75, 3.05) is 25.0 Å². The average Bonchev–Trinajstić information content (AvgIpc) is 2.68. The molecule has 2 rings (SSSR count). The Balaban J connectivity index is 2.14. The van der Waals surface area contributed by atoms with Gasteiger partial charge in [-0.2, -0.15) is 4.31 Å². The van der Waals surface area contributed by atoms with Crippen LogP contribution in [0.4, 0.5) is 5.69 Å². The van der Waals surface area contributed by atoms with Crippen molar-refractivity contribution < 1.29 is 22.7 Å². The van der Waals surface area contributed by atoms with Crippen molar-refractivity contribution in [3.63, 3.8) is 0 Å². The molecule has 2 aromatic rings. The van der Waals surface area contributed by atoms with Crippen molar-refractivity contribution >= 4 is 27.9 Å². The zero-order valence-corrected chi connectivity index (χ0v) is 17.0. The van der Waals surface area contributed by atoms with E-state index in [1.807, 2.05) is 0 Å². The van der Waals surface area contributed by atoms with Gasteiger partial charge >= 0.3 is 0 Å². The highest BCUT2D eigenvalue weighted by molar-refractivity contribution is 7.89. The molecule has 0 atom stereocenters. The molecule has 28 heavy (non-hydrogen) atoms. The van der Waals surface area contributed by atoms with Gasteiger partial charge in [0.05, 0.1) is 10.5 Å². The van der Waals surface area contributed by atoms with Crippen LogP contribution in [0.1, 0.15) is 29.8 Å². The Morgan fingerprint density at radius 1 is 1.14 bits per heavy atom. The molecule has 0 aliphatic carbocycles. The second-order valence-electron chi connectivity index (χ2n) is 6.06. The van der Waals surface area contributed by atoms with Crippen LogP contribution in [-0.4, -0.2) is 44.6 Å². The number of anilines is 1. The van der Waals surface area contributed by atoms with Crippen molar-refractivity contribution in [3.8, 4) is 5.75 Å². The molecule has 0 aliphatic heterocycles. The molecule has 7 nitrogen and oxygen atoms in total. The first kappa shape index (κ1) is 21.6. The Hall–Kier alpha value is -2.71. The molecule has 0 heterocycles. The van der Waals surface area contributed by atoms with E-state index in [0.29, 0.717) is 41.9 Å². The van der Waals surface area contributed by atoms with Gasteiger partial charge in [-0.1, -0.05) is 32.0 Å². The van der Waals surface area contributed by atoms with Gasteiger partial charge in [0.25, 0.3) is 5.91 Å². The van der Waals surface area contributed by atoms with Gasteiger partial charge in [-0.15, -0.1) is 0 Å². The van der Waals surface area contributed by atoms with Gasteiger partial charge in [-0.05, 0) is 36.8 Å². The molecule has 2 aromatic carbocycles. The number of ether oxygens (including phenoxy) is 1. The van der Waals surface area contributed by atoms with Crippen LogP contribution < -0.4 is 10.1 Å². The number of para-hydroxylation sites is 1. The number of benzene rings is 2. The zero-order valence-electron chi connectivity index (χ0n) is 16.1. The summed E-state index contributed by atoms with van der Waals surface area (Å²) in [5.41, 5.74) is 1.30. The minimum Gasteiger partial charge on any atom is -0.483 e. The van der Waals surface area contributed by atoms with E-state index in [1.54, 1.807) is 57.2 Å². The summed E-state index contributed by atoms with van der Waals surface area (Å²) in [6.07, 6.45) is 0.650. The van der Waals surface area contributed by atoms with Gasteiger partial charge in [-0.3, -0.25) is 9.59 Å². The maximum absolute atomic E-state index is 12.8. The van der Waals surface area contributed by atoms with E-state index in [-0.39, 0.29) is 11.5 Å². The van der Waals surface area contributed by atoms with E-state index in [2.05, 4.69) is 5.32 Å². The van der Waals surface area contributed by atoms with Gasteiger partial charge in [-0.25, -0.2) is 8.42 Å². The summed E-state index contributed by atoms with van der Waals surface area (Å²) in [6.45, 7) is 5.67. The summed E-state index contributed by atoms with van der Waals surface area (Å²) in [5.74, 6) is -0.155. The van der Waals surface area contributed by atoms with E-state index in [0.717, 1.165) is 0 Å². The average molecular weight is 404 g/mol. The second kappa shape index (κ2) is 9.48. The first-order valence-electron chi connectivity index (χ1n) is 8.91. The maximum Gasteiger partial charge on any atom is 0.262 e. The quantitative estimate of drug-likeness (QED) is 0.649. The van der Waals surface area contributed by atoms with Crippen LogP contribution in [0.2, 0.25) is 0 Å². The lowest BCUT2D eigenvalue weighted by Gasteiger charge is -2.20. The predicted molar refractivity (Wildman–Crippen MR) is 107 cm³/mol. The fraction of sp³-hybridized carbons (Fsp3) is 0.300. The lowest BCUT2D eigenvalue weighted by Crippen LogP contribution is -2.31. The van der Waals surface area contributed by atoms with Gasteiger partial charge in [0.1, 0.15) is 5.75 Å². The Labute approximate surface area is 165 Å². The fourth-order valence-corrected chi connectivity index (χ4v) is 4.42. The highest BCUT2D eigenvalue weighted by Crippen LogP contribution is 2.24. The van der Waals surface area contributed by atoms with E-state index in [4.69, 9.17) is 4.74 Å². The number of hydrogen-bond acceptors (Lipinski definition) is 5. The molecule has 0 spiro atoms. The van der Waals surface area contributed by atoms with Crippen LogP contribution in [0.15, 0.2) is 47.4 Å². The predicted octanol–water partition coefficient (Wildman–Crippen LogP) is 2.86. The summed E-state index contributed by atoms with van der Waals surface area (Å²) in [5, 5.41) is 2.63. The number of carbonyl (C=O) groups excluding carboxylic acids is 2. The molecule has 0 aliphatic rings. The third kappa shape index (κ3) is 4.96. The van der Waals surface area contributed by atoms with E-state index in [9.17, 15) is 18.0 Å². The van der Waals surface area contributed by atoms with Gasteiger partial charge in [0.2, 0.25) is 10.0 Å². The number of hydrogen-bond donors (Lipinski definition) is 1. The highest BCUT2D eigenvalue weighted by atomic mass is 32.2. The minimum absolute atomic E-state index is 0.154. The van der Waals surface area contributed by atoms with Crippen molar-refractivity contribution in [1.29, 1.82) is 0 Å². The van der Waals surface area contributed by atoms with Gasteiger partial charge in [0.15, 0.2) is 12.9 Å². The van der Waals surface area contributed by atoms with E-state index in [1.165, 1.54) is 10.4 Å². The van der Waals surface area contributed by atoms with Crippen LogP contribution in [0.5, 0.6) is 5.75 Å². The number of rotatable bonds is 9. The molecule has 0 aromatic heterocycles. The smallest absolute Gasteiger partial charge is 0.262 e. The molecule has 150 valence electrons. The SMILES string of the molecule is CCN(CC)S(=O)(=O)c1cc(NC(=O)COc2ccccc2C=O)ccc1C. The largest absolute Gasteiger partial charge is 0.483 e. The third-order valence-corrected chi connectivity index (χ3v) is 6.39. The molecular weight excluding hydrogens is 380 g/mol. The summed E-state index contributed by atoms with van der Waals surface area (Å²) in [4.78, 5) is 23.3. The number of nitrogens with one attached hydrogen (secondary N) is 1. The number of aryl methyl sites for hydroxylation is 1. The molecule has 0 bridgehead atoms. The molecule has 1 N–H and O–H groups in total. The molecule has 1 amide bonds. The van der Waals surface area contributed by atoms with Crippen LogP contribution in [0, 0.1) is 6.92 Å².